The van der Waals surface area contributed by atoms with Gasteiger partial charge in [0.25, 0.3) is 11.9 Å². The molecule has 1 fully saturated rings. The van der Waals surface area contributed by atoms with E-state index in [0.29, 0.717) is 19.0 Å². The molecule has 0 saturated carbocycles. The number of rotatable bonds is 3. The van der Waals surface area contributed by atoms with Gasteiger partial charge in [0, 0.05) is 30.9 Å². The van der Waals surface area contributed by atoms with Crippen molar-refractivity contribution >= 4 is 5.91 Å². The predicted molar refractivity (Wildman–Crippen MR) is 74.2 cm³/mol. The van der Waals surface area contributed by atoms with Gasteiger partial charge in [-0.15, -0.1) is 15.3 Å². The average molecular weight is 296 g/mol. The lowest BCUT2D eigenvalue weighted by molar-refractivity contribution is 0.0586. The third-order valence-electron chi connectivity index (χ3n) is 3.60. The van der Waals surface area contributed by atoms with Crippen molar-refractivity contribution in [3.8, 4) is 5.95 Å². The molecule has 1 aliphatic rings. The number of nitrogens with zero attached hydrogens (tertiary/aromatic N) is 7. The van der Waals surface area contributed by atoms with Crippen molar-refractivity contribution in [3.05, 3.63) is 48.6 Å². The molecule has 1 aliphatic heterocycles. The minimum absolute atomic E-state index is 0.168. The minimum atomic E-state index is -0.168. The van der Waals surface area contributed by atoms with E-state index in [1.807, 2.05) is 18.2 Å². The molecule has 22 heavy (non-hydrogen) atoms. The predicted octanol–water partition coefficient (Wildman–Crippen LogP) is 0.0200. The van der Waals surface area contributed by atoms with Gasteiger partial charge < -0.3 is 4.90 Å². The summed E-state index contributed by atoms with van der Waals surface area (Å²) in [5.41, 5.74) is 1.01. The highest BCUT2D eigenvalue weighted by atomic mass is 16.2. The zero-order chi connectivity index (χ0) is 14.9. The number of likely N-dealkylation sites (tertiary alicyclic amines) is 1. The fourth-order valence-corrected chi connectivity index (χ4v) is 2.37. The summed E-state index contributed by atoms with van der Waals surface area (Å²) in [6.07, 6.45) is 4.71. The molecule has 0 spiro atoms. The number of amides is 1. The van der Waals surface area contributed by atoms with Crippen LogP contribution in [-0.4, -0.2) is 58.8 Å². The maximum absolute atomic E-state index is 12.3. The van der Waals surface area contributed by atoms with Crippen LogP contribution in [0.5, 0.6) is 0 Å². The Balaban J connectivity index is 1.44. The number of aromatic amines is 1. The molecular weight excluding hydrogens is 284 g/mol. The van der Waals surface area contributed by atoms with Gasteiger partial charge in [-0.3, -0.25) is 19.4 Å². The third-order valence-corrected chi connectivity index (χ3v) is 3.60. The average Bonchev–Trinajstić information content (AvgIpc) is 3.18. The zero-order valence-electron chi connectivity index (χ0n) is 11.5. The molecule has 1 amide bonds. The molecule has 4 heterocycles. The van der Waals surface area contributed by atoms with Gasteiger partial charge in [0.1, 0.15) is 12.7 Å². The monoisotopic (exact) mass is 296 g/mol. The van der Waals surface area contributed by atoms with Crippen LogP contribution in [0.1, 0.15) is 22.2 Å². The summed E-state index contributed by atoms with van der Waals surface area (Å²) in [5, 5.41) is 14.0. The van der Waals surface area contributed by atoms with Crippen molar-refractivity contribution in [2.75, 3.05) is 13.1 Å². The van der Waals surface area contributed by atoms with Gasteiger partial charge >= 0.3 is 0 Å². The summed E-state index contributed by atoms with van der Waals surface area (Å²) in [4.78, 5) is 22.5. The number of pyridine rings is 1. The Labute approximate surface area is 125 Å². The molecule has 1 N–H and O–H groups in total. The van der Waals surface area contributed by atoms with Crippen LogP contribution in [0.2, 0.25) is 0 Å². The molecule has 3 aromatic heterocycles. The molecule has 0 radical (unpaired) electrons. The van der Waals surface area contributed by atoms with E-state index in [0.717, 1.165) is 5.69 Å². The van der Waals surface area contributed by atoms with Crippen LogP contribution in [-0.2, 0) is 0 Å². The normalized spacial score (nSPS) is 14.8. The van der Waals surface area contributed by atoms with Crippen molar-refractivity contribution in [1.29, 1.82) is 0 Å². The smallest absolute Gasteiger partial charge is 0.291 e. The van der Waals surface area contributed by atoms with Crippen LogP contribution in [0.15, 0.2) is 37.1 Å². The van der Waals surface area contributed by atoms with Crippen LogP contribution in [0.25, 0.3) is 5.95 Å². The number of hydrogen-bond donors (Lipinski definition) is 1. The van der Waals surface area contributed by atoms with Crippen LogP contribution in [0, 0.1) is 0 Å². The summed E-state index contributed by atoms with van der Waals surface area (Å²) in [7, 11) is 0. The van der Waals surface area contributed by atoms with Crippen LogP contribution in [0.4, 0.5) is 0 Å². The molecule has 0 aliphatic carbocycles. The summed E-state index contributed by atoms with van der Waals surface area (Å²) in [6, 6.07) is 5.81. The van der Waals surface area contributed by atoms with E-state index in [2.05, 4.69) is 30.4 Å². The zero-order valence-corrected chi connectivity index (χ0v) is 11.5. The van der Waals surface area contributed by atoms with E-state index in [4.69, 9.17) is 0 Å². The maximum Gasteiger partial charge on any atom is 0.291 e. The van der Waals surface area contributed by atoms with Crippen LogP contribution in [0.3, 0.4) is 0 Å². The minimum Gasteiger partial charge on any atom is -0.334 e. The highest BCUT2D eigenvalue weighted by Gasteiger charge is 2.34. The highest BCUT2D eigenvalue weighted by molar-refractivity contribution is 5.91. The fraction of sp³-hybridized carbons (Fsp3) is 0.231. The largest absolute Gasteiger partial charge is 0.334 e. The molecule has 9 heteroatoms. The van der Waals surface area contributed by atoms with Gasteiger partial charge in [-0.05, 0) is 12.1 Å². The maximum atomic E-state index is 12.3. The van der Waals surface area contributed by atoms with Gasteiger partial charge in [0.15, 0.2) is 0 Å². The summed E-state index contributed by atoms with van der Waals surface area (Å²) < 4.78 is 1.53. The molecule has 1 saturated heterocycles. The number of aromatic nitrogens is 7. The Bertz CT molecular complexity index is 776. The van der Waals surface area contributed by atoms with Crippen molar-refractivity contribution in [1.82, 2.24) is 39.8 Å². The van der Waals surface area contributed by atoms with Gasteiger partial charge in [0.05, 0.1) is 0 Å². The second-order valence-electron chi connectivity index (χ2n) is 5.01. The highest BCUT2D eigenvalue weighted by Crippen LogP contribution is 2.26. The summed E-state index contributed by atoms with van der Waals surface area (Å²) in [6.45, 7) is 1.27. The van der Waals surface area contributed by atoms with Crippen LogP contribution >= 0.6 is 0 Å². The molecule has 0 aromatic carbocycles. The lowest BCUT2D eigenvalue weighted by Crippen LogP contribution is -2.49. The fourth-order valence-electron chi connectivity index (χ4n) is 2.37. The molecule has 0 unspecified atom stereocenters. The quantitative estimate of drug-likeness (QED) is 0.730. The lowest BCUT2D eigenvalue weighted by atomic mass is 9.95. The number of H-pyrrole nitrogens is 1. The Morgan fingerprint density at radius 1 is 1.23 bits per heavy atom. The van der Waals surface area contributed by atoms with Crippen molar-refractivity contribution in [2.24, 2.45) is 0 Å². The Morgan fingerprint density at radius 3 is 2.77 bits per heavy atom. The first-order valence-electron chi connectivity index (χ1n) is 6.79. The molecule has 9 nitrogen and oxygen atoms in total. The molecular formula is C13H12N8O. The Kier molecular flexibility index (Phi) is 2.88. The first-order chi connectivity index (χ1) is 10.8. The number of hydrogen-bond acceptors (Lipinski definition) is 6. The van der Waals surface area contributed by atoms with Crippen molar-refractivity contribution in [2.45, 2.75) is 5.92 Å². The van der Waals surface area contributed by atoms with Crippen LogP contribution < -0.4 is 0 Å². The number of nitrogens with one attached hydrogen (secondary N) is 1. The van der Waals surface area contributed by atoms with Gasteiger partial charge in [-0.25, -0.2) is 0 Å². The number of carbonyl (C=O) groups excluding carboxylic acids is 1. The standard InChI is InChI=1S/C13H12N8O/c22-12(11-17-13(19-18-11)21-7-15-16-8-21)20-5-9(6-20)10-3-1-2-4-14-10/h1-4,7-9H,5-6H2,(H,17,18,19). The van der Waals surface area contributed by atoms with E-state index < -0.39 is 0 Å². The molecule has 110 valence electrons. The summed E-state index contributed by atoms with van der Waals surface area (Å²) >= 11 is 0. The lowest BCUT2D eigenvalue weighted by Gasteiger charge is -2.38. The molecule has 0 atom stereocenters. The Hall–Kier alpha value is -3.10. The summed E-state index contributed by atoms with van der Waals surface area (Å²) in [5.74, 6) is 0.669. The van der Waals surface area contributed by atoms with E-state index in [1.165, 1.54) is 17.2 Å². The van der Waals surface area contributed by atoms with E-state index in [1.54, 1.807) is 11.1 Å². The van der Waals surface area contributed by atoms with Gasteiger partial charge in [-0.2, -0.15) is 4.98 Å². The first-order valence-corrected chi connectivity index (χ1v) is 6.79. The van der Waals surface area contributed by atoms with Crippen molar-refractivity contribution in [3.63, 3.8) is 0 Å². The Morgan fingerprint density at radius 2 is 2.05 bits per heavy atom. The third kappa shape index (κ3) is 2.12. The first kappa shape index (κ1) is 12.6. The molecule has 0 bridgehead atoms. The SMILES string of the molecule is O=C(c1nc(-n2cnnc2)n[nH]1)N1CC(c2ccccn2)C1. The number of carbonyl (C=O) groups is 1. The topological polar surface area (TPSA) is 105 Å². The second-order valence-corrected chi connectivity index (χ2v) is 5.01. The van der Waals surface area contributed by atoms with E-state index in [-0.39, 0.29) is 17.6 Å². The van der Waals surface area contributed by atoms with Crippen molar-refractivity contribution < 1.29 is 4.79 Å². The van der Waals surface area contributed by atoms with Gasteiger partial charge in [0.2, 0.25) is 5.82 Å². The second kappa shape index (κ2) is 5.02. The van der Waals surface area contributed by atoms with E-state index in [9.17, 15) is 4.79 Å². The van der Waals surface area contributed by atoms with Gasteiger partial charge in [-0.1, -0.05) is 6.07 Å². The molecule has 3 aromatic rings. The molecule has 4 rings (SSSR count). The van der Waals surface area contributed by atoms with E-state index >= 15 is 0 Å².